The Balaban J connectivity index is 2.13. The fourth-order valence-electron chi connectivity index (χ4n) is 1.40. The fourth-order valence-corrected chi connectivity index (χ4v) is 1.77. The number of pyridine rings is 1. The van der Waals surface area contributed by atoms with Crippen LogP contribution in [0.3, 0.4) is 0 Å². The number of aromatic hydroxyl groups is 1. The van der Waals surface area contributed by atoms with Crippen LogP contribution in [0.15, 0.2) is 36.7 Å². The Morgan fingerprint density at radius 3 is 2.76 bits per heavy atom. The molecule has 17 heavy (non-hydrogen) atoms. The van der Waals surface area contributed by atoms with Gasteiger partial charge in [0.05, 0.1) is 21.9 Å². The quantitative estimate of drug-likeness (QED) is 0.892. The van der Waals surface area contributed by atoms with Crippen molar-refractivity contribution in [2.24, 2.45) is 0 Å². The third kappa shape index (κ3) is 2.81. The van der Waals surface area contributed by atoms with E-state index >= 15 is 0 Å². The molecule has 0 bridgehead atoms. The molecule has 0 saturated heterocycles. The zero-order chi connectivity index (χ0) is 12.3. The van der Waals surface area contributed by atoms with Crippen molar-refractivity contribution >= 4 is 28.9 Å². The molecular weight excluding hydrogens is 259 g/mol. The van der Waals surface area contributed by atoms with Gasteiger partial charge in [-0.15, -0.1) is 0 Å². The average molecular weight is 269 g/mol. The van der Waals surface area contributed by atoms with Gasteiger partial charge >= 0.3 is 0 Å². The summed E-state index contributed by atoms with van der Waals surface area (Å²) >= 11 is 11.8. The van der Waals surface area contributed by atoms with Gasteiger partial charge in [-0.1, -0.05) is 35.3 Å². The highest BCUT2D eigenvalue weighted by Gasteiger charge is 2.05. The van der Waals surface area contributed by atoms with Gasteiger partial charge in [0, 0.05) is 18.3 Å². The molecule has 1 heterocycles. The van der Waals surface area contributed by atoms with Crippen LogP contribution >= 0.6 is 23.2 Å². The first kappa shape index (κ1) is 12.0. The lowest BCUT2D eigenvalue weighted by atomic mass is 10.2. The summed E-state index contributed by atoms with van der Waals surface area (Å²) in [4.78, 5) is 3.96. The van der Waals surface area contributed by atoms with E-state index < -0.39 is 0 Å². The number of para-hydroxylation sites is 1. The van der Waals surface area contributed by atoms with E-state index in [9.17, 15) is 5.11 Å². The first-order valence-corrected chi connectivity index (χ1v) is 5.74. The van der Waals surface area contributed by atoms with E-state index in [1.165, 1.54) is 0 Å². The van der Waals surface area contributed by atoms with E-state index in [2.05, 4.69) is 10.3 Å². The number of aromatic nitrogens is 1. The molecule has 0 fully saturated rings. The highest BCUT2D eigenvalue weighted by Crippen LogP contribution is 2.28. The van der Waals surface area contributed by atoms with Crippen LogP contribution in [0.25, 0.3) is 0 Å². The van der Waals surface area contributed by atoms with Crippen molar-refractivity contribution in [1.82, 2.24) is 4.98 Å². The minimum absolute atomic E-state index is 0.0849. The van der Waals surface area contributed by atoms with Crippen molar-refractivity contribution in [2.45, 2.75) is 6.54 Å². The van der Waals surface area contributed by atoms with Gasteiger partial charge in [-0.2, -0.15) is 0 Å². The van der Waals surface area contributed by atoms with Crippen LogP contribution in [0.5, 0.6) is 5.75 Å². The molecule has 0 spiro atoms. The summed E-state index contributed by atoms with van der Waals surface area (Å²) < 4.78 is 0. The van der Waals surface area contributed by atoms with Gasteiger partial charge < -0.3 is 10.4 Å². The second-order valence-electron chi connectivity index (χ2n) is 3.46. The van der Waals surface area contributed by atoms with Crippen molar-refractivity contribution in [3.05, 3.63) is 52.3 Å². The number of nitrogens with zero attached hydrogens (tertiary/aromatic N) is 1. The molecule has 2 rings (SSSR count). The molecule has 1 aromatic heterocycles. The number of rotatable bonds is 3. The van der Waals surface area contributed by atoms with Crippen molar-refractivity contribution in [1.29, 1.82) is 0 Å². The van der Waals surface area contributed by atoms with E-state index in [0.29, 0.717) is 27.8 Å². The van der Waals surface area contributed by atoms with Crippen LogP contribution in [0.2, 0.25) is 10.0 Å². The summed E-state index contributed by atoms with van der Waals surface area (Å²) in [6, 6.07) is 6.90. The minimum atomic E-state index is 0.0849. The maximum Gasteiger partial charge on any atom is 0.139 e. The van der Waals surface area contributed by atoms with Crippen LogP contribution in [-0.2, 0) is 6.54 Å². The van der Waals surface area contributed by atoms with E-state index in [0.717, 1.165) is 0 Å². The Hall–Kier alpha value is -1.45. The highest BCUT2D eigenvalue weighted by atomic mass is 35.5. The van der Waals surface area contributed by atoms with E-state index in [-0.39, 0.29) is 5.75 Å². The summed E-state index contributed by atoms with van der Waals surface area (Å²) in [6.07, 6.45) is 3.24. The van der Waals surface area contributed by atoms with E-state index in [1.54, 1.807) is 36.7 Å². The Morgan fingerprint density at radius 2 is 2.00 bits per heavy atom. The van der Waals surface area contributed by atoms with Crippen molar-refractivity contribution < 1.29 is 5.11 Å². The molecule has 88 valence electrons. The van der Waals surface area contributed by atoms with Gasteiger partial charge in [-0.05, 0) is 12.1 Å². The topological polar surface area (TPSA) is 45.1 Å². The van der Waals surface area contributed by atoms with Crippen molar-refractivity contribution in [3.63, 3.8) is 0 Å². The van der Waals surface area contributed by atoms with Crippen LogP contribution < -0.4 is 5.32 Å². The van der Waals surface area contributed by atoms with E-state index in [1.807, 2.05) is 0 Å². The van der Waals surface area contributed by atoms with Gasteiger partial charge in [0.15, 0.2) is 0 Å². The van der Waals surface area contributed by atoms with Crippen molar-refractivity contribution in [3.8, 4) is 5.75 Å². The number of phenolic OH excluding ortho intramolecular Hbond substituents is 1. The Kier molecular flexibility index (Phi) is 3.71. The number of hydrogen-bond acceptors (Lipinski definition) is 3. The average Bonchev–Trinajstić information content (AvgIpc) is 2.33. The number of halogens is 2. The van der Waals surface area contributed by atoms with Gasteiger partial charge in [0.25, 0.3) is 0 Å². The first-order chi connectivity index (χ1) is 8.18. The highest BCUT2D eigenvalue weighted by molar-refractivity contribution is 6.33. The normalized spacial score (nSPS) is 10.2. The third-order valence-corrected chi connectivity index (χ3v) is 2.94. The lowest BCUT2D eigenvalue weighted by molar-refractivity contribution is 0.469. The second kappa shape index (κ2) is 5.25. The number of nitrogens with one attached hydrogen (secondary N) is 1. The zero-order valence-corrected chi connectivity index (χ0v) is 10.3. The largest absolute Gasteiger partial charge is 0.506 e. The Morgan fingerprint density at radius 1 is 1.18 bits per heavy atom. The predicted molar refractivity (Wildman–Crippen MR) is 69.7 cm³/mol. The standard InChI is InChI=1S/C12H10Cl2N2O/c13-9-4-5-15-7-11(9)16-6-8-2-1-3-10(14)12(8)17/h1-5,7,16-17H,6H2. The number of phenols is 1. The minimum Gasteiger partial charge on any atom is -0.506 e. The fraction of sp³-hybridized carbons (Fsp3) is 0.0833. The van der Waals surface area contributed by atoms with Crippen LogP contribution in [0.4, 0.5) is 5.69 Å². The molecule has 2 N–H and O–H groups in total. The molecule has 5 heteroatoms. The lowest BCUT2D eigenvalue weighted by Gasteiger charge is -2.09. The Bertz CT molecular complexity index is 532. The van der Waals surface area contributed by atoms with Crippen LogP contribution in [-0.4, -0.2) is 10.1 Å². The smallest absolute Gasteiger partial charge is 0.139 e. The third-order valence-electron chi connectivity index (χ3n) is 2.31. The number of hydrogen-bond donors (Lipinski definition) is 2. The molecule has 0 unspecified atom stereocenters. The molecule has 0 radical (unpaired) electrons. The molecule has 2 aromatic rings. The molecule has 0 aliphatic carbocycles. The molecule has 0 aliphatic rings. The molecule has 0 saturated carbocycles. The predicted octanol–water partition coefficient (Wildman–Crippen LogP) is 3.71. The summed E-state index contributed by atoms with van der Waals surface area (Å²) in [5, 5.41) is 13.7. The Labute approximate surface area is 109 Å². The SMILES string of the molecule is Oc1c(Cl)cccc1CNc1cnccc1Cl. The molecule has 0 aliphatic heterocycles. The molecule has 1 aromatic carbocycles. The molecule has 3 nitrogen and oxygen atoms in total. The molecule has 0 amide bonds. The maximum atomic E-state index is 9.72. The summed E-state index contributed by atoms with van der Waals surface area (Å²) in [6.45, 7) is 0.428. The lowest BCUT2D eigenvalue weighted by Crippen LogP contribution is -2.00. The molecular formula is C12H10Cl2N2O. The number of anilines is 1. The van der Waals surface area contributed by atoms with Crippen LogP contribution in [0, 0.1) is 0 Å². The van der Waals surface area contributed by atoms with Crippen molar-refractivity contribution in [2.75, 3.05) is 5.32 Å². The van der Waals surface area contributed by atoms with E-state index in [4.69, 9.17) is 23.2 Å². The van der Waals surface area contributed by atoms with Crippen LogP contribution in [0.1, 0.15) is 5.56 Å². The van der Waals surface area contributed by atoms with Gasteiger partial charge in [-0.3, -0.25) is 4.98 Å². The monoisotopic (exact) mass is 268 g/mol. The van der Waals surface area contributed by atoms with Gasteiger partial charge in [0.1, 0.15) is 5.75 Å². The second-order valence-corrected chi connectivity index (χ2v) is 4.27. The molecule has 0 atom stereocenters. The van der Waals surface area contributed by atoms with Gasteiger partial charge in [0.2, 0.25) is 0 Å². The number of benzene rings is 1. The zero-order valence-electron chi connectivity index (χ0n) is 8.82. The first-order valence-electron chi connectivity index (χ1n) is 4.98. The van der Waals surface area contributed by atoms with Gasteiger partial charge in [-0.25, -0.2) is 0 Å². The maximum absolute atomic E-state index is 9.72. The summed E-state index contributed by atoms with van der Waals surface area (Å²) in [5.41, 5.74) is 1.42. The summed E-state index contributed by atoms with van der Waals surface area (Å²) in [7, 11) is 0. The summed E-state index contributed by atoms with van der Waals surface area (Å²) in [5.74, 6) is 0.0849.